The lowest BCUT2D eigenvalue weighted by molar-refractivity contribution is -0.111. The number of hydroxylamine groups is 1. The van der Waals surface area contributed by atoms with Crippen molar-refractivity contribution in [2.45, 2.75) is 51.3 Å². The second-order valence-electron chi connectivity index (χ2n) is 8.18. The molecule has 0 aromatic heterocycles. The number of carbonyl (C=O) groups excluding carboxylic acids is 1. The molecule has 2 aliphatic rings. The van der Waals surface area contributed by atoms with Crippen LogP contribution >= 0.6 is 11.6 Å². The van der Waals surface area contributed by atoms with Crippen molar-refractivity contribution in [3.05, 3.63) is 34.8 Å². The Morgan fingerprint density at radius 3 is 2.76 bits per heavy atom. The first-order chi connectivity index (χ1) is 13.6. The Hall–Kier alpha value is -1.70. The van der Waals surface area contributed by atoms with Gasteiger partial charge in [0.15, 0.2) is 0 Å². The minimum Gasteiger partial charge on any atom is -0.390 e. The maximum atomic E-state index is 14.0. The van der Waals surface area contributed by atoms with Crippen molar-refractivity contribution in [1.29, 1.82) is 5.41 Å². The van der Waals surface area contributed by atoms with Crippen molar-refractivity contribution < 1.29 is 18.8 Å². The van der Waals surface area contributed by atoms with E-state index in [9.17, 15) is 9.18 Å². The highest BCUT2D eigenvalue weighted by atomic mass is 35.5. The molecule has 2 aliphatic carbocycles. The van der Waals surface area contributed by atoms with Crippen LogP contribution in [0.4, 0.5) is 4.39 Å². The molecule has 4 N–H and O–H groups in total. The van der Waals surface area contributed by atoms with Crippen LogP contribution in [-0.4, -0.2) is 42.8 Å². The highest BCUT2D eigenvalue weighted by Gasteiger charge is 2.59. The van der Waals surface area contributed by atoms with Gasteiger partial charge in [0, 0.05) is 24.3 Å². The minimum absolute atomic E-state index is 0.0586. The second kappa shape index (κ2) is 9.87. The standard InChI is InChI=1S/C21H31ClFN3O3/c1-12(2)11-28-14(4)21(22)7-18(21)16(8-24)20(25)29-26-9-15-5-13(3)17(10-27)19(23)6-15/h5-6,8,10,12,14,17-19,24,26H,7,9,11,25H2,1-4H3/t14-,17?,18?,19?,21?/m1/s1. The molecule has 0 bridgehead atoms. The Balaban J connectivity index is 1.93. The Bertz CT molecular complexity index is 722. The van der Waals surface area contributed by atoms with Crippen molar-refractivity contribution in [1.82, 2.24) is 5.48 Å². The quantitative estimate of drug-likeness (QED) is 0.154. The summed E-state index contributed by atoms with van der Waals surface area (Å²) in [5.74, 6) is -0.406. The molecule has 5 atom stereocenters. The molecule has 0 aromatic rings. The van der Waals surface area contributed by atoms with Gasteiger partial charge in [0.2, 0.25) is 5.88 Å². The fraction of sp³-hybridized carbons (Fsp3) is 0.619. The molecule has 0 heterocycles. The summed E-state index contributed by atoms with van der Waals surface area (Å²) in [6, 6.07) is 0. The molecule has 6 nitrogen and oxygen atoms in total. The maximum Gasteiger partial charge on any atom is 0.214 e. The third-order valence-electron chi connectivity index (χ3n) is 5.37. The summed E-state index contributed by atoms with van der Waals surface area (Å²) in [4.78, 5) is 15.7. The predicted molar refractivity (Wildman–Crippen MR) is 112 cm³/mol. The zero-order chi connectivity index (χ0) is 21.8. The van der Waals surface area contributed by atoms with Gasteiger partial charge in [0.05, 0.1) is 23.4 Å². The fourth-order valence-corrected chi connectivity index (χ4v) is 3.77. The van der Waals surface area contributed by atoms with Gasteiger partial charge in [-0.3, -0.25) is 0 Å². The third-order valence-corrected chi connectivity index (χ3v) is 6.09. The van der Waals surface area contributed by atoms with E-state index in [0.29, 0.717) is 42.0 Å². The highest BCUT2D eigenvalue weighted by molar-refractivity contribution is 6.27. The average molecular weight is 428 g/mol. The van der Waals surface area contributed by atoms with Crippen molar-refractivity contribution >= 4 is 24.1 Å². The number of allylic oxidation sites excluding steroid dienone is 3. The Morgan fingerprint density at radius 2 is 2.21 bits per heavy atom. The molecular weight excluding hydrogens is 397 g/mol. The van der Waals surface area contributed by atoms with Crippen LogP contribution in [0.2, 0.25) is 0 Å². The zero-order valence-corrected chi connectivity index (χ0v) is 18.1. The van der Waals surface area contributed by atoms with Crippen LogP contribution in [0.25, 0.3) is 0 Å². The van der Waals surface area contributed by atoms with Crippen molar-refractivity contribution in [2.75, 3.05) is 13.2 Å². The molecule has 0 spiro atoms. The van der Waals surface area contributed by atoms with Gasteiger partial charge >= 0.3 is 0 Å². The maximum absolute atomic E-state index is 14.0. The van der Waals surface area contributed by atoms with E-state index in [1.165, 1.54) is 6.08 Å². The molecule has 1 saturated carbocycles. The minimum atomic E-state index is -1.35. The van der Waals surface area contributed by atoms with Crippen molar-refractivity contribution in [2.24, 2.45) is 23.5 Å². The number of aldehydes is 1. The number of hydrogen-bond donors (Lipinski definition) is 3. The number of hydrogen-bond acceptors (Lipinski definition) is 6. The van der Waals surface area contributed by atoms with E-state index in [4.69, 9.17) is 32.3 Å². The van der Waals surface area contributed by atoms with E-state index < -0.39 is 17.0 Å². The first-order valence-electron chi connectivity index (χ1n) is 9.82. The molecule has 2 rings (SSSR count). The lowest BCUT2D eigenvalue weighted by Crippen LogP contribution is -2.29. The number of ether oxygens (including phenoxy) is 1. The lowest BCUT2D eigenvalue weighted by Gasteiger charge is -2.22. The van der Waals surface area contributed by atoms with E-state index in [-0.39, 0.29) is 24.4 Å². The molecule has 0 radical (unpaired) electrons. The van der Waals surface area contributed by atoms with Gasteiger partial charge in [-0.25, -0.2) is 4.39 Å². The molecule has 0 saturated heterocycles. The van der Waals surface area contributed by atoms with Gasteiger partial charge in [0.1, 0.15) is 12.5 Å². The average Bonchev–Trinajstić information content (AvgIpc) is 3.32. The number of nitrogens with two attached hydrogens (primary N) is 1. The summed E-state index contributed by atoms with van der Waals surface area (Å²) in [5, 5.41) is 7.70. The van der Waals surface area contributed by atoms with E-state index in [0.717, 1.165) is 6.21 Å². The van der Waals surface area contributed by atoms with Crippen LogP contribution in [0.1, 0.15) is 34.1 Å². The SMILES string of the molecule is CC1=CC(CNOC(N)=C(C=N)C2CC2(Cl)[C@@H](C)OCC(C)C)=CC(F)C1C=O. The molecule has 0 amide bonds. The van der Waals surface area contributed by atoms with Crippen LogP contribution in [0.5, 0.6) is 0 Å². The number of alkyl halides is 2. The molecule has 8 heteroatoms. The predicted octanol–water partition coefficient (Wildman–Crippen LogP) is 3.43. The molecule has 1 fully saturated rings. The highest BCUT2D eigenvalue weighted by Crippen LogP contribution is 2.56. The van der Waals surface area contributed by atoms with Crippen molar-refractivity contribution in [3.63, 3.8) is 0 Å². The third kappa shape index (κ3) is 5.68. The van der Waals surface area contributed by atoms with Gasteiger partial charge in [-0.1, -0.05) is 25.5 Å². The molecule has 0 aliphatic heterocycles. The van der Waals surface area contributed by atoms with Crippen LogP contribution in [0.3, 0.4) is 0 Å². The van der Waals surface area contributed by atoms with Gasteiger partial charge < -0.3 is 25.5 Å². The molecule has 0 aromatic carbocycles. The number of carbonyl (C=O) groups is 1. The Kier molecular flexibility index (Phi) is 8.02. The van der Waals surface area contributed by atoms with Gasteiger partial charge in [-0.05, 0) is 37.8 Å². The van der Waals surface area contributed by atoms with Crippen LogP contribution in [0.15, 0.2) is 34.8 Å². The Morgan fingerprint density at radius 1 is 1.52 bits per heavy atom. The summed E-state index contributed by atoms with van der Waals surface area (Å²) >= 11 is 6.70. The van der Waals surface area contributed by atoms with Gasteiger partial charge in [-0.2, -0.15) is 5.48 Å². The van der Waals surface area contributed by atoms with Crippen LogP contribution in [-0.2, 0) is 14.4 Å². The largest absolute Gasteiger partial charge is 0.390 e. The molecular formula is C21H31ClFN3O3. The second-order valence-corrected chi connectivity index (χ2v) is 8.88. The lowest BCUT2D eigenvalue weighted by atomic mass is 9.89. The fourth-order valence-electron chi connectivity index (χ4n) is 3.43. The molecule has 29 heavy (non-hydrogen) atoms. The van der Waals surface area contributed by atoms with E-state index in [1.54, 1.807) is 13.0 Å². The summed E-state index contributed by atoms with van der Waals surface area (Å²) in [6.07, 6.45) is 4.02. The van der Waals surface area contributed by atoms with Gasteiger partial charge in [0.25, 0.3) is 0 Å². The van der Waals surface area contributed by atoms with Crippen LogP contribution < -0.4 is 11.2 Å². The normalized spacial score (nSPS) is 30.8. The first kappa shape index (κ1) is 23.6. The molecule has 4 unspecified atom stereocenters. The Labute approximate surface area is 176 Å². The summed E-state index contributed by atoms with van der Waals surface area (Å²) in [7, 11) is 0. The van der Waals surface area contributed by atoms with E-state index >= 15 is 0 Å². The molecule has 162 valence electrons. The van der Waals surface area contributed by atoms with E-state index in [1.807, 2.05) is 6.92 Å². The number of halogens is 2. The number of nitrogens with one attached hydrogen (secondary N) is 2. The first-order valence-corrected chi connectivity index (χ1v) is 10.2. The van der Waals surface area contributed by atoms with Crippen molar-refractivity contribution in [3.8, 4) is 0 Å². The van der Waals surface area contributed by atoms with Gasteiger partial charge in [-0.15, -0.1) is 11.6 Å². The zero-order valence-electron chi connectivity index (χ0n) is 17.4. The smallest absolute Gasteiger partial charge is 0.214 e. The summed E-state index contributed by atoms with van der Waals surface area (Å²) < 4.78 is 19.8. The summed E-state index contributed by atoms with van der Waals surface area (Å²) in [5.41, 5.74) is 10.5. The topological polar surface area (TPSA) is 97.4 Å². The summed E-state index contributed by atoms with van der Waals surface area (Å²) in [6.45, 7) is 8.61. The van der Waals surface area contributed by atoms with E-state index in [2.05, 4.69) is 19.3 Å². The monoisotopic (exact) mass is 427 g/mol. The van der Waals surface area contributed by atoms with Crippen LogP contribution in [0, 0.1) is 23.2 Å². The number of rotatable bonds is 11.